The van der Waals surface area contributed by atoms with Crippen molar-refractivity contribution in [1.82, 2.24) is 4.98 Å². The summed E-state index contributed by atoms with van der Waals surface area (Å²) in [6, 6.07) is 3.64. The Morgan fingerprint density at radius 3 is 3.08 bits per heavy atom. The second-order valence-electron chi connectivity index (χ2n) is 2.34. The number of nitrogens with zero attached hydrogens (tertiary/aromatic N) is 1. The zero-order chi connectivity index (χ0) is 8.81. The number of ketones is 1. The first-order chi connectivity index (χ1) is 5.83. The third-order valence-electron chi connectivity index (χ3n) is 1.38. The summed E-state index contributed by atoms with van der Waals surface area (Å²) in [4.78, 5) is 14.7. The van der Waals surface area contributed by atoms with Crippen molar-refractivity contribution in [2.24, 2.45) is 5.73 Å². The predicted molar refractivity (Wildman–Crippen MR) is 46.8 cm³/mol. The minimum Gasteiger partial charge on any atom is -0.377 e. The van der Waals surface area contributed by atoms with Gasteiger partial charge in [-0.05, 0) is 12.1 Å². The minimum absolute atomic E-state index is 0.0150. The van der Waals surface area contributed by atoms with Crippen molar-refractivity contribution in [2.45, 2.75) is 0 Å². The van der Waals surface area contributed by atoms with Crippen molar-refractivity contribution in [3.63, 3.8) is 0 Å². The number of hydrogen-bond donors (Lipinski definition) is 2. The molecule has 1 aromatic rings. The second-order valence-corrected chi connectivity index (χ2v) is 2.34. The molecule has 0 spiro atoms. The van der Waals surface area contributed by atoms with Crippen molar-refractivity contribution in [3.05, 3.63) is 24.5 Å². The molecule has 4 heteroatoms. The molecule has 0 bridgehead atoms. The highest BCUT2D eigenvalue weighted by atomic mass is 16.1. The Morgan fingerprint density at radius 1 is 1.67 bits per heavy atom. The summed E-state index contributed by atoms with van der Waals surface area (Å²) in [6.45, 7) is 0.343. The summed E-state index contributed by atoms with van der Waals surface area (Å²) in [5.74, 6) is -0.0150. The summed E-state index contributed by atoms with van der Waals surface area (Å²) in [6.07, 6.45) is 3.33. The zero-order valence-corrected chi connectivity index (χ0v) is 6.66. The number of hydrogen-bond acceptors (Lipinski definition) is 4. The summed E-state index contributed by atoms with van der Waals surface area (Å²) >= 11 is 0. The smallest absolute Gasteiger partial charge is 0.165 e. The van der Waals surface area contributed by atoms with Gasteiger partial charge >= 0.3 is 0 Å². The maximum absolute atomic E-state index is 10.8. The number of anilines is 1. The van der Waals surface area contributed by atoms with Crippen molar-refractivity contribution in [2.75, 3.05) is 18.4 Å². The fourth-order valence-electron chi connectivity index (χ4n) is 0.740. The van der Waals surface area contributed by atoms with E-state index in [-0.39, 0.29) is 18.9 Å². The number of carbonyl (C=O) groups is 1. The maximum atomic E-state index is 10.8. The molecule has 1 heterocycles. The molecule has 0 unspecified atom stereocenters. The van der Waals surface area contributed by atoms with Gasteiger partial charge in [-0.15, -0.1) is 0 Å². The van der Waals surface area contributed by atoms with E-state index < -0.39 is 0 Å². The first kappa shape index (κ1) is 8.67. The monoisotopic (exact) mass is 165 g/mol. The molecule has 3 N–H and O–H groups in total. The molecule has 64 valence electrons. The van der Waals surface area contributed by atoms with Gasteiger partial charge < -0.3 is 11.1 Å². The third-order valence-corrected chi connectivity index (χ3v) is 1.38. The Hall–Kier alpha value is -1.42. The van der Waals surface area contributed by atoms with Crippen LogP contribution >= 0.6 is 0 Å². The molecule has 4 nitrogen and oxygen atoms in total. The van der Waals surface area contributed by atoms with Crippen LogP contribution in [0.3, 0.4) is 0 Å². The number of pyridine rings is 1. The standard InChI is InChI=1S/C8H11N3O/c9-4-8(12)6-11-7-2-1-3-10-5-7/h1-3,5,11H,4,6,9H2. The van der Waals surface area contributed by atoms with E-state index in [1.807, 2.05) is 6.07 Å². The average Bonchev–Trinajstić information content (AvgIpc) is 2.16. The molecule has 0 saturated carbocycles. The van der Waals surface area contributed by atoms with Crippen LogP contribution in [0.15, 0.2) is 24.5 Å². The van der Waals surface area contributed by atoms with E-state index in [4.69, 9.17) is 5.73 Å². The SMILES string of the molecule is NCC(=O)CNc1cccnc1. The first-order valence-electron chi connectivity index (χ1n) is 3.68. The van der Waals surface area contributed by atoms with Crippen LogP contribution in [0.2, 0.25) is 0 Å². The molecule has 0 aromatic carbocycles. The highest BCUT2D eigenvalue weighted by Gasteiger charge is 1.96. The Morgan fingerprint density at radius 2 is 2.50 bits per heavy atom. The van der Waals surface area contributed by atoms with E-state index in [2.05, 4.69) is 10.3 Å². The Balaban J connectivity index is 2.38. The van der Waals surface area contributed by atoms with Crippen LogP contribution in [0.5, 0.6) is 0 Å². The molecule has 0 radical (unpaired) electrons. The number of nitrogens with one attached hydrogen (secondary N) is 1. The van der Waals surface area contributed by atoms with Crippen LogP contribution in [0, 0.1) is 0 Å². The van der Waals surface area contributed by atoms with E-state index in [1.54, 1.807) is 18.5 Å². The number of carbonyl (C=O) groups excluding carboxylic acids is 1. The topological polar surface area (TPSA) is 68.0 Å². The highest BCUT2D eigenvalue weighted by molar-refractivity contribution is 5.84. The van der Waals surface area contributed by atoms with Crippen molar-refractivity contribution < 1.29 is 4.79 Å². The van der Waals surface area contributed by atoms with E-state index in [0.717, 1.165) is 5.69 Å². The number of aromatic nitrogens is 1. The molecule has 0 fully saturated rings. The van der Waals surface area contributed by atoms with Crippen LogP contribution in [-0.4, -0.2) is 23.9 Å². The largest absolute Gasteiger partial charge is 0.377 e. The van der Waals surface area contributed by atoms with Crippen molar-refractivity contribution in [3.8, 4) is 0 Å². The van der Waals surface area contributed by atoms with Crippen LogP contribution in [0.25, 0.3) is 0 Å². The molecule has 0 saturated heterocycles. The van der Waals surface area contributed by atoms with Gasteiger partial charge in [-0.25, -0.2) is 0 Å². The highest BCUT2D eigenvalue weighted by Crippen LogP contribution is 2.00. The molecule has 0 aliphatic rings. The first-order valence-corrected chi connectivity index (χ1v) is 3.68. The van der Waals surface area contributed by atoms with Crippen LogP contribution < -0.4 is 11.1 Å². The molecule has 0 amide bonds. The minimum atomic E-state index is -0.0150. The summed E-state index contributed by atoms with van der Waals surface area (Å²) in [5.41, 5.74) is 5.96. The Bertz CT molecular complexity index is 248. The summed E-state index contributed by atoms with van der Waals surface area (Å²) in [7, 11) is 0. The van der Waals surface area contributed by atoms with E-state index in [9.17, 15) is 4.79 Å². The molecule has 0 atom stereocenters. The van der Waals surface area contributed by atoms with Gasteiger partial charge in [0.05, 0.1) is 18.8 Å². The van der Waals surface area contributed by atoms with Crippen LogP contribution in [0.1, 0.15) is 0 Å². The van der Waals surface area contributed by atoms with Gasteiger partial charge in [-0.3, -0.25) is 9.78 Å². The lowest BCUT2D eigenvalue weighted by Gasteiger charge is -2.02. The molecular formula is C8H11N3O. The van der Waals surface area contributed by atoms with E-state index >= 15 is 0 Å². The predicted octanol–water partition coefficient (Wildman–Crippen LogP) is 0.0213. The van der Waals surface area contributed by atoms with Gasteiger partial charge in [0, 0.05) is 12.4 Å². The summed E-state index contributed by atoms with van der Waals surface area (Å²) in [5, 5.41) is 2.90. The van der Waals surface area contributed by atoms with Gasteiger partial charge in [-0.1, -0.05) is 0 Å². The molecule has 1 aromatic heterocycles. The fraction of sp³-hybridized carbons (Fsp3) is 0.250. The Labute approximate surface area is 70.8 Å². The van der Waals surface area contributed by atoms with Gasteiger partial charge in [0.2, 0.25) is 0 Å². The number of nitrogens with two attached hydrogens (primary N) is 1. The molecular weight excluding hydrogens is 154 g/mol. The zero-order valence-electron chi connectivity index (χ0n) is 6.66. The summed E-state index contributed by atoms with van der Waals surface area (Å²) < 4.78 is 0. The van der Waals surface area contributed by atoms with Gasteiger partial charge in [0.1, 0.15) is 0 Å². The Kier molecular flexibility index (Phi) is 3.22. The lowest BCUT2D eigenvalue weighted by atomic mass is 10.3. The van der Waals surface area contributed by atoms with Gasteiger partial charge in [-0.2, -0.15) is 0 Å². The molecule has 0 aliphatic carbocycles. The normalized spacial score (nSPS) is 9.42. The number of Topliss-reactive ketones (excluding diaryl/α,β-unsaturated/α-hetero) is 1. The van der Waals surface area contributed by atoms with Crippen LogP contribution in [-0.2, 0) is 4.79 Å². The maximum Gasteiger partial charge on any atom is 0.165 e. The lowest BCUT2D eigenvalue weighted by molar-refractivity contribution is -0.116. The molecule has 0 aliphatic heterocycles. The van der Waals surface area contributed by atoms with E-state index in [1.165, 1.54) is 0 Å². The average molecular weight is 165 g/mol. The fourth-order valence-corrected chi connectivity index (χ4v) is 0.740. The quantitative estimate of drug-likeness (QED) is 0.660. The number of rotatable bonds is 4. The van der Waals surface area contributed by atoms with E-state index in [0.29, 0.717) is 0 Å². The second kappa shape index (κ2) is 4.46. The van der Waals surface area contributed by atoms with Gasteiger partial charge in [0.15, 0.2) is 5.78 Å². The van der Waals surface area contributed by atoms with Crippen molar-refractivity contribution >= 4 is 11.5 Å². The molecule has 1 rings (SSSR count). The van der Waals surface area contributed by atoms with Crippen molar-refractivity contribution in [1.29, 1.82) is 0 Å². The van der Waals surface area contributed by atoms with Gasteiger partial charge in [0.25, 0.3) is 0 Å². The van der Waals surface area contributed by atoms with Crippen LogP contribution in [0.4, 0.5) is 5.69 Å². The third kappa shape index (κ3) is 2.67. The molecule has 12 heavy (non-hydrogen) atoms. The lowest BCUT2D eigenvalue weighted by Crippen LogP contribution is -2.22.